The van der Waals surface area contributed by atoms with E-state index in [1.54, 1.807) is 10.4 Å². The van der Waals surface area contributed by atoms with Gasteiger partial charge >= 0.3 is 6.09 Å². The van der Waals surface area contributed by atoms with Crippen LogP contribution in [0.2, 0.25) is 0 Å². The van der Waals surface area contributed by atoms with Crippen LogP contribution in [0.1, 0.15) is 25.7 Å². The fraction of sp³-hybridized carbons (Fsp3) is 0.609. The third-order valence-electron chi connectivity index (χ3n) is 6.97. The summed E-state index contributed by atoms with van der Waals surface area (Å²) in [6.45, 7) is 3.22. The molecule has 0 radical (unpaired) electrons. The Hall–Kier alpha value is -2.85. The average Bonchev–Trinajstić information content (AvgIpc) is 3.30. The standard InChI is InChI=1S/C23H32N4O6/c28-17-8-9-27(15-17)23(31)33-18-6-7-19(20(14-18)21(29)24-32)22(30)26-12-10-25(11-13-26)16-4-2-1-3-5-16/h1-5,17-20,28,32H,6-15H2,(H,24,29)/t17-,18+,19+,20+/m1/s1. The average molecular weight is 461 g/mol. The molecule has 0 aromatic heterocycles. The number of β-amino-alcohol motifs (C(OH)–C–C–N with tert-alkyl or cyclic N) is 1. The Morgan fingerprint density at radius 2 is 1.64 bits per heavy atom. The Labute approximate surface area is 193 Å². The second-order valence-electron chi connectivity index (χ2n) is 9.04. The number of amides is 3. The molecule has 0 unspecified atom stereocenters. The number of hydroxylamine groups is 1. The van der Waals surface area contributed by atoms with Crippen LogP contribution in [0.4, 0.5) is 10.5 Å². The van der Waals surface area contributed by atoms with Gasteiger partial charge in [-0.2, -0.15) is 0 Å². The molecule has 0 spiro atoms. The van der Waals surface area contributed by atoms with E-state index in [9.17, 15) is 24.7 Å². The van der Waals surface area contributed by atoms with Crippen molar-refractivity contribution >= 4 is 23.6 Å². The molecule has 10 heteroatoms. The number of aliphatic hydroxyl groups is 1. The lowest BCUT2D eigenvalue weighted by atomic mass is 9.76. The molecule has 3 amide bonds. The van der Waals surface area contributed by atoms with Gasteiger partial charge in [0.2, 0.25) is 11.8 Å². The number of carbonyl (C=O) groups excluding carboxylic acids is 3. The van der Waals surface area contributed by atoms with E-state index in [2.05, 4.69) is 4.90 Å². The van der Waals surface area contributed by atoms with E-state index in [1.165, 1.54) is 4.90 Å². The molecule has 3 fully saturated rings. The Kier molecular flexibility index (Phi) is 7.34. The highest BCUT2D eigenvalue weighted by Gasteiger charge is 2.43. The minimum Gasteiger partial charge on any atom is -0.446 e. The lowest BCUT2D eigenvalue weighted by Crippen LogP contribution is -2.53. The quantitative estimate of drug-likeness (QED) is 0.449. The highest BCUT2D eigenvalue weighted by atomic mass is 16.6. The number of nitrogens with one attached hydrogen (secondary N) is 1. The van der Waals surface area contributed by atoms with Crippen molar-refractivity contribution in [3.8, 4) is 0 Å². The first-order valence-electron chi connectivity index (χ1n) is 11.6. The summed E-state index contributed by atoms with van der Waals surface area (Å²) >= 11 is 0. The number of carbonyl (C=O) groups is 3. The van der Waals surface area contributed by atoms with Gasteiger partial charge in [-0.05, 0) is 37.8 Å². The Balaban J connectivity index is 1.34. The van der Waals surface area contributed by atoms with Crippen LogP contribution in [0.5, 0.6) is 0 Å². The number of nitrogens with zero attached hydrogens (tertiary/aromatic N) is 3. The molecule has 4 rings (SSSR count). The SMILES string of the molecule is O=C(NO)[C@H]1C[C@@H](OC(=O)N2CC[C@@H](O)C2)CC[C@@H]1C(=O)N1CCN(c2ccccc2)CC1. The molecule has 1 aromatic carbocycles. The monoisotopic (exact) mass is 460 g/mol. The summed E-state index contributed by atoms with van der Waals surface area (Å²) in [4.78, 5) is 43.6. The summed E-state index contributed by atoms with van der Waals surface area (Å²) in [5.41, 5.74) is 2.80. The number of likely N-dealkylation sites (tertiary alicyclic amines) is 1. The molecule has 3 aliphatic rings. The lowest BCUT2D eigenvalue weighted by molar-refractivity contribution is -0.149. The lowest BCUT2D eigenvalue weighted by Gasteiger charge is -2.40. The van der Waals surface area contributed by atoms with Gasteiger partial charge in [-0.1, -0.05) is 18.2 Å². The fourth-order valence-electron chi connectivity index (χ4n) is 5.09. The number of piperazine rings is 1. The molecule has 2 heterocycles. The Morgan fingerprint density at radius 3 is 2.27 bits per heavy atom. The summed E-state index contributed by atoms with van der Waals surface area (Å²) in [6.07, 6.45) is -0.00821. The molecule has 1 aromatic rings. The van der Waals surface area contributed by atoms with Crippen LogP contribution in [-0.4, -0.2) is 89.5 Å². The van der Waals surface area contributed by atoms with E-state index in [4.69, 9.17) is 4.74 Å². The molecule has 180 valence electrons. The maximum Gasteiger partial charge on any atom is 0.410 e. The molecular weight excluding hydrogens is 428 g/mol. The van der Waals surface area contributed by atoms with E-state index in [0.29, 0.717) is 52.0 Å². The van der Waals surface area contributed by atoms with Gasteiger partial charge in [-0.15, -0.1) is 0 Å². The van der Waals surface area contributed by atoms with Crippen LogP contribution >= 0.6 is 0 Å². The molecule has 33 heavy (non-hydrogen) atoms. The third-order valence-corrected chi connectivity index (χ3v) is 6.97. The summed E-state index contributed by atoms with van der Waals surface area (Å²) in [6, 6.07) is 10.0. The molecule has 1 aliphatic carbocycles. The normalized spacial score (nSPS) is 27.9. The van der Waals surface area contributed by atoms with Crippen molar-refractivity contribution in [1.82, 2.24) is 15.3 Å². The van der Waals surface area contributed by atoms with Crippen LogP contribution in [0, 0.1) is 11.8 Å². The second-order valence-corrected chi connectivity index (χ2v) is 9.04. The molecule has 3 N–H and O–H groups in total. The van der Waals surface area contributed by atoms with Crippen LogP contribution < -0.4 is 10.4 Å². The van der Waals surface area contributed by atoms with Gasteiger partial charge in [-0.25, -0.2) is 10.3 Å². The maximum atomic E-state index is 13.3. The van der Waals surface area contributed by atoms with Gasteiger partial charge in [0.1, 0.15) is 6.10 Å². The number of anilines is 1. The number of hydrogen-bond acceptors (Lipinski definition) is 7. The second kappa shape index (κ2) is 10.4. The number of rotatable bonds is 4. The number of hydrogen-bond donors (Lipinski definition) is 3. The predicted octanol–water partition coefficient (Wildman–Crippen LogP) is 0.829. The van der Waals surface area contributed by atoms with Crippen molar-refractivity contribution in [2.45, 2.75) is 37.9 Å². The minimum atomic E-state index is -0.773. The molecule has 1 saturated carbocycles. The first-order valence-corrected chi connectivity index (χ1v) is 11.6. The number of aliphatic hydroxyl groups excluding tert-OH is 1. The predicted molar refractivity (Wildman–Crippen MR) is 118 cm³/mol. The topological polar surface area (TPSA) is 123 Å². The number of ether oxygens (including phenoxy) is 1. The zero-order valence-electron chi connectivity index (χ0n) is 18.6. The Morgan fingerprint density at radius 1 is 0.909 bits per heavy atom. The maximum absolute atomic E-state index is 13.3. The molecule has 2 saturated heterocycles. The summed E-state index contributed by atoms with van der Waals surface area (Å²) in [5, 5.41) is 18.9. The number of benzene rings is 1. The van der Waals surface area contributed by atoms with Crippen molar-refractivity contribution in [3.63, 3.8) is 0 Å². The minimum absolute atomic E-state index is 0.0937. The Bertz CT molecular complexity index is 845. The van der Waals surface area contributed by atoms with Crippen LogP contribution in [0.25, 0.3) is 0 Å². The van der Waals surface area contributed by atoms with Crippen molar-refractivity contribution < 1.29 is 29.4 Å². The molecule has 10 nitrogen and oxygen atoms in total. The van der Waals surface area contributed by atoms with E-state index < -0.39 is 36.0 Å². The van der Waals surface area contributed by atoms with Gasteiger partial charge in [0.15, 0.2) is 0 Å². The van der Waals surface area contributed by atoms with Crippen molar-refractivity contribution in [2.75, 3.05) is 44.2 Å². The smallest absolute Gasteiger partial charge is 0.410 e. The van der Waals surface area contributed by atoms with Crippen LogP contribution in [-0.2, 0) is 14.3 Å². The van der Waals surface area contributed by atoms with Gasteiger partial charge in [0.25, 0.3) is 0 Å². The summed E-state index contributed by atoms with van der Waals surface area (Å²) in [7, 11) is 0. The van der Waals surface area contributed by atoms with Gasteiger partial charge in [0, 0.05) is 45.0 Å². The van der Waals surface area contributed by atoms with E-state index in [0.717, 1.165) is 5.69 Å². The largest absolute Gasteiger partial charge is 0.446 e. The van der Waals surface area contributed by atoms with Crippen LogP contribution in [0.3, 0.4) is 0 Å². The van der Waals surface area contributed by atoms with E-state index >= 15 is 0 Å². The van der Waals surface area contributed by atoms with Crippen molar-refractivity contribution in [1.29, 1.82) is 0 Å². The zero-order chi connectivity index (χ0) is 23.4. The molecule has 2 aliphatic heterocycles. The zero-order valence-corrected chi connectivity index (χ0v) is 18.6. The van der Waals surface area contributed by atoms with Crippen LogP contribution in [0.15, 0.2) is 30.3 Å². The van der Waals surface area contributed by atoms with Gasteiger partial charge in [-0.3, -0.25) is 14.8 Å². The van der Waals surface area contributed by atoms with Gasteiger partial charge < -0.3 is 24.5 Å². The van der Waals surface area contributed by atoms with E-state index in [-0.39, 0.29) is 18.9 Å². The van der Waals surface area contributed by atoms with Gasteiger partial charge in [0.05, 0.1) is 17.9 Å². The number of para-hydroxylation sites is 1. The van der Waals surface area contributed by atoms with Crippen molar-refractivity contribution in [3.05, 3.63) is 30.3 Å². The fourth-order valence-corrected chi connectivity index (χ4v) is 5.09. The van der Waals surface area contributed by atoms with Crippen molar-refractivity contribution in [2.24, 2.45) is 11.8 Å². The molecule has 4 atom stereocenters. The third kappa shape index (κ3) is 5.39. The highest BCUT2D eigenvalue weighted by molar-refractivity contribution is 5.87. The molecular formula is C23H32N4O6. The molecule has 0 bridgehead atoms. The first kappa shape index (κ1) is 23.3. The first-order chi connectivity index (χ1) is 16.0. The summed E-state index contributed by atoms with van der Waals surface area (Å²) in [5.74, 6) is -2.06. The summed E-state index contributed by atoms with van der Waals surface area (Å²) < 4.78 is 5.57. The van der Waals surface area contributed by atoms with E-state index in [1.807, 2.05) is 30.3 Å². The highest BCUT2D eigenvalue weighted by Crippen LogP contribution is 2.34.